The predicted octanol–water partition coefficient (Wildman–Crippen LogP) is 4.58. The van der Waals surface area contributed by atoms with Crippen LogP contribution in [0.15, 0.2) is 53.7 Å². The third kappa shape index (κ3) is 3.68. The number of halogens is 1. The summed E-state index contributed by atoms with van der Waals surface area (Å²) in [6.45, 7) is 3.61. The summed E-state index contributed by atoms with van der Waals surface area (Å²) in [4.78, 5) is 11.3. The topological polar surface area (TPSA) is 47.8 Å². The van der Waals surface area contributed by atoms with Gasteiger partial charge in [-0.1, -0.05) is 41.1 Å². The number of ketones is 1. The minimum Gasteiger partial charge on any atom is -0.299 e. The lowest BCUT2D eigenvalue weighted by Crippen LogP contribution is -2.02. The van der Waals surface area contributed by atoms with E-state index in [4.69, 9.17) is 11.6 Å². The Balaban J connectivity index is 2.09. The average molecular weight is 358 g/mol. The smallest absolute Gasteiger partial charge is 0.196 e. The van der Waals surface area contributed by atoms with Crippen LogP contribution in [0.2, 0.25) is 5.02 Å². The summed E-state index contributed by atoms with van der Waals surface area (Å²) in [5.74, 6) is 1.19. The number of nitrogens with zero attached hydrogens (tertiary/aromatic N) is 3. The Kier molecular flexibility index (Phi) is 5.02. The van der Waals surface area contributed by atoms with E-state index in [1.165, 1.54) is 17.3 Å². The standard InChI is InChI=1S/C18H16ClN3OS/c1-12-3-9-16(10-4-12)22-17(14-5-7-15(19)8-6-14)20-21-18(22)24-11-13(2)23/h3-10H,11H2,1-2H3. The van der Waals surface area contributed by atoms with Gasteiger partial charge < -0.3 is 0 Å². The van der Waals surface area contributed by atoms with Gasteiger partial charge in [0.25, 0.3) is 0 Å². The van der Waals surface area contributed by atoms with Gasteiger partial charge in [0.05, 0.1) is 5.75 Å². The Morgan fingerprint density at radius 2 is 1.75 bits per heavy atom. The number of carbonyl (C=O) groups excluding carboxylic acids is 1. The molecule has 0 aliphatic heterocycles. The summed E-state index contributed by atoms with van der Waals surface area (Å²) >= 11 is 7.37. The Bertz CT molecular complexity index is 857. The molecule has 0 aliphatic rings. The van der Waals surface area contributed by atoms with E-state index in [0.717, 1.165) is 17.1 Å². The minimum absolute atomic E-state index is 0.103. The van der Waals surface area contributed by atoms with Crippen molar-refractivity contribution in [2.24, 2.45) is 0 Å². The van der Waals surface area contributed by atoms with Gasteiger partial charge in [-0.2, -0.15) is 0 Å². The van der Waals surface area contributed by atoms with Gasteiger partial charge in [-0.05, 0) is 50.2 Å². The largest absolute Gasteiger partial charge is 0.299 e. The van der Waals surface area contributed by atoms with Crippen molar-refractivity contribution in [3.8, 4) is 17.1 Å². The predicted molar refractivity (Wildman–Crippen MR) is 97.9 cm³/mol. The molecule has 0 N–H and O–H groups in total. The Morgan fingerprint density at radius 3 is 2.38 bits per heavy atom. The van der Waals surface area contributed by atoms with E-state index in [0.29, 0.717) is 15.9 Å². The molecule has 1 aromatic heterocycles. The zero-order valence-corrected chi connectivity index (χ0v) is 14.9. The zero-order valence-electron chi connectivity index (χ0n) is 13.4. The first-order chi connectivity index (χ1) is 11.5. The first-order valence-corrected chi connectivity index (χ1v) is 8.81. The van der Waals surface area contributed by atoms with Crippen LogP contribution in [-0.4, -0.2) is 26.3 Å². The Morgan fingerprint density at radius 1 is 1.08 bits per heavy atom. The van der Waals surface area contributed by atoms with Gasteiger partial charge in [0.15, 0.2) is 11.0 Å². The molecule has 4 nitrogen and oxygen atoms in total. The molecule has 0 saturated carbocycles. The van der Waals surface area contributed by atoms with Crippen LogP contribution in [0.4, 0.5) is 0 Å². The van der Waals surface area contributed by atoms with Gasteiger partial charge in [0, 0.05) is 16.3 Å². The fraction of sp³-hybridized carbons (Fsp3) is 0.167. The van der Waals surface area contributed by atoms with Crippen LogP contribution in [0.1, 0.15) is 12.5 Å². The molecule has 1 heterocycles. The maximum atomic E-state index is 11.3. The molecular formula is C18H16ClN3OS. The van der Waals surface area contributed by atoms with Gasteiger partial charge in [-0.25, -0.2) is 0 Å². The van der Waals surface area contributed by atoms with Crippen molar-refractivity contribution in [2.75, 3.05) is 5.75 Å². The summed E-state index contributed by atoms with van der Waals surface area (Å²) in [6.07, 6.45) is 0. The molecule has 3 rings (SSSR count). The first kappa shape index (κ1) is 16.7. The maximum Gasteiger partial charge on any atom is 0.196 e. The molecule has 0 aliphatic carbocycles. The molecule has 2 aromatic carbocycles. The molecule has 122 valence electrons. The van der Waals surface area contributed by atoms with Crippen LogP contribution in [0.5, 0.6) is 0 Å². The highest BCUT2D eigenvalue weighted by Crippen LogP contribution is 2.28. The molecule has 0 unspecified atom stereocenters. The quantitative estimate of drug-likeness (QED) is 0.627. The Labute approximate surface area is 149 Å². The van der Waals surface area contributed by atoms with Gasteiger partial charge in [-0.3, -0.25) is 9.36 Å². The van der Waals surface area contributed by atoms with E-state index < -0.39 is 0 Å². The highest BCUT2D eigenvalue weighted by molar-refractivity contribution is 7.99. The number of aromatic nitrogens is 3. The van der Waals surface area contributed by atoms with Crippen molar-refractivity contribution in [1.29, 1.82) is 0 Å². The van der Waals surface area contributed by atoms with Crippen LogP contribution in [0.25, 0.3) is 17.1 Å². The second-order valence-electron chi connectivity index (χ2n) is 5.47. The van der Waals surface area contributed by atoms with Crippen molar-refractivity contribution in [3.05, 3.63) is 59.1 Å². The van der Waals surface area contributed by atoms with Crippen molar-refractivity contribution in [2.45, 2.75) is 19.0 Å². The van der Waals surface area contributed by atoms with Gasteiger partial charge >= 0.3 is 0 Å². The summed E-state index contributed by atoms with van der Waals surface area (Å²) in [6, 6.07) is 15.6. The summed E-state index contributed by atoms with van der Waals surface area (Å²) < 4.78 is 1.97. The van der Waals surface area contributed by atoms with Crippen molar-refractivity contribution in [3.63, 3.8) is 0 Å². The van der Waals surface area contributed by atoms with Crippen LogP contribution in [-0.2, 0) is 4.79 Å². The van der Waals surface area contributed by atoms with Crippen LogP contribution >= 0.6 is 23.4 Å². The highest BCUT2D eigenvalue weighted by atomic mass is 35.5. The van der Waals surface area contributed by atoms with E-state index in [2.05, 4.69) is 10.2 Å². The lowest BCUT2D eigenvalue weighted by molar-refractivity contribution is -0.114. The lowest BCUT2D eigenvalue weighted by Gasteiger charge is -2.10. The minimum atomic E-state index is 0.103. The molecule has 24 heavy (non-hydrogen) atoms. The highest BCUT2D eigenvalue weighted by Gasteiger charge is 2.16. The first-order valence-electron chi connectivity index (χ1n) is 7.45. The molecule has 0 bridgehead atoms. The van der Waals surface area contributed by atoms with E-state index in [-0.39, 0.29) is 5.78 Å². The molecule has 0 radical (unpaired) electrons. The third-order valence-electron chi connectivity index (χ3n) is 3.43. The number of hydrogen-bond donors (Lipinski definition) is 0. The van der Waals surface area contributed by atoms with Crippen LogP contribution < -0.4 is 0 Å². The third-order valence-corrected chi connectivity index (χ3v) is 4.76. The number of thioether (sulfide) groups is 1. The van der Waals surface area contributed by atoms with Gasteiger partial charge in [0.2, 0.25) is 0 Å². The monoisotopic (exact) mass is 357 g/mol. The maximum absolute atomic E-state index is 11.3. The fourth-order valence-electron chi connectivity index (χ4n) is 2.24. The van der Waals surface area contributed by atoms with E-state index >= 15 is 0 Å². The zero-order chi connectivity index (χ0) is 17.1. The number of carbonyl (C=O) groups is 1. The number of benzene rings is 2. The van der Waals surface area contributed by atoms with Crippen molar-refractivity contribution >= 4 is 29.1 Å². The molecule has 0 saturated heterocycles. The lowest BCUT2D eigenvalue weighted by atomic mass is 10.2. The van der Waals surface area contributed by atoms with Gasteiger partial charge in [0.1, 0.15) is 5.78 Å². The normalized spacial score (nSPS) is 10.8. The Hall–Kier alpha value is -2.11. The number of aryl methyl sites for hydroxylation is 1. The SMILES string of the molecule is CC(=O)CSc1nnc(-c2ccc(Cl)cc2)n1-c1ccc(C)cc1. The molecule has 0 amide bonds. The molecular weight excluding hydrogens is 342 g/mol. The van der Waals surface area contributed by atoms with Gasteiger partial charge in [-0.15, -0.1) is 10.2 Å². The number of Topliss-reactive ketones (excluding diaryl/α,β-unsaturated/α-hetero) is 1. The number of hydrogen-bond acceptors (Lipinski definition) is 4. The fourth-order valence-corrected chi connectivity index (χ4v) is 3.12. The summed E-state index contributed by atoms with van der Waals surface area (Å²) in [7, 11) is 0. The molecule has 3 aromatic rings. The molecule has 0 atom stereocenters. The molecule has 0 fully saturated rings. The van der Waals surface area contributed by atoms with E-state index in [9.17, 15) is 4.79 Å². The van der Waals surface area contributed by atoms with Crippen molar-refractivity contribution < 1.29 is 4.79 Å². The average Bonchev–Trinajstić information content (AvgIpc) is 2.98. The second kappa shape index (κ2) is 7.20. The summed E-state index contributed by atoms with van der Waals surface area (Å²) in [5.41, 5.74) is 3.06. The van der Waals surface area contributed by atoms with Crippen LogP contribution in [0.3, 0.4) is 0 Å². The van der Waals surface area contributed by atoms with Crippen LogP contribution in [0, 0.1) is 6.92 Å². The number of rotatable bonds is 5. The van der Waals surface area contributed by atoms with Crippen molar-refractivity contribution in [1.82, 2.24) is 14.8 Å². The second-order valence-corrected chi connectivity index (χ2v) is 6.85. The summed E-state index contributed by atoms with van der Waals surface area (Å²) in [5, 5.41) is 9.97. The van der Waals surface area contributed by atoms with E-state index in [1.54, 1.807) is 6.92 Å². The van der Waals surface area contributed by atoms with E-state index in [1.807, 2.05) is 60.0 Å². The molecule has 0 spiro atoms. The molecule has 6 heteroatoms.